The van der Waals surface area contributed by atoms with E-state index in [0.717, 1.165) is 6.42 Å². The highest BCUT2D eigenvalue weighted by Gasteiger charge is 2.12. The van der Waals surface area contributed by atoms with Crippen molar-refractivity contribution in [2.75, 3.05) is 13.1 Å². The molecule has 1 rings (SSSR count). The molecule has 0 saturated carbocycles. The fourth-order valence-electron chi connectivity index (χ4n) is 1.40. The van der Waals surface area contributed by atoms with Crippen molar-refractivity contribution < 1.29 is 0 Å². The molecule has 0 heterocycles. The summed E-state index contributed by atoms with van der Waals surface area (Å²) in [4.78, 5) is 0. The molecule has 0 saturated heterocycles. The maximum absolute atomic E-state index is 5.55. The Kier molecular flexibility index (Phi) is 2.85. The van der Waals surface area contributed by atoms with Crippen molar-refractivity contribution in [1.29, 1.82) is 0 Å². The molecule has 1 atom stereocenters. The van der Waals surface area contributed by atoms with E-state index in [2.05, 4.69) is 19.1 Å². The molecule has 62 valence electrons. The highest BCUT2D eigenvalue weighted by atomic mass is 14.6. The van der Waals surface area contributed by atoms with Gasteiger partial charge >= 0.3 is 0 Å². The average molecular weight is 152 g/mol. The summed E-state index contributed by atoms with van der Waals surface area (Å²) in [6.07, 6.45) is 5.29. The highest BCUT2D eigenvalue weighted by molar-refractivity contribution is 5.27. The second kappa shape index (κ2) is 3.69. The van der Waals surface area contributed by atoms with Gasteiger partial charge in [0.15, 0.2) is 0 Å². The highest BCUT2D eigenvalue weighted by Crippen LogP contribution is 2.22. The first kappa shape index (κ1) is 8.50. The lowest BCUT2D eigenvalue weighted by Crippen LogP contribution is -2.16. The van der Waals surface area contributed by atoms with Crippen LogP contribution < -0.4 is 11.5 Å². The lowest BCUT2D eigenvalue weighted by Gasteiger charge is -2.19. The van der Waals surface area contributed by atoms with Gasteiger partial charge in [-0.15, -0.1) is 0 Å². The third-order valence-corrected chi connectivity index (χ3v) is 2.23. The third-order valence-electron chi connectivity index (χ3n) is 2.23. The Labute approximate surface area is 68.0 Å². The van der Waals surface area contributed by atoms with Crippen LogP contribution in [0.3, 0.4) is 0 Å². The minimum absolute atomic E-state index is 0.587. The molecule has 0 bridgehead atoms. The molecule has 0 amide bonds. The van der Waals surface area contributed by atoms with E-state index < -0.39 is 0 Å². The van der Waals surface area contributed by atoms with Gasteiger partial charge in [-0.3, -0.25) is 0 Å². The summed E-state index contributed by atoms with van der Waals surface area (Å²) in [7, 11) is 0. The summed E-state index contributed by atoms with van der Waals surface area (Å²) >= 11 is 0. The van der Waals surface area contributed by atoms with Crippen molar-refractivity contribution >= 4 is 0 Å². The minimum Gasteiger partial charge on any atom is -0.327 e. The molecule has 2 nitrogen and oxygen atoms in total. The summed E-state index contributed by atoms with van der Waals surface area (Å²) in [6, 6.07) is 0. The van der Waals surface area contributed by atoms with E-state index in [9.17, 15) is 0 Å². The molecule has 0 aromatic carbocycles. The van der Waals surface area contributed by atoms with Crippen LogP contribution in [0.15, 0.2) is 23.3 Å². The summed E-state index contributed by atoms with van der Waals surface area (Å²) in [5, 5.41) is 0. The van der Waals surface area contributed by atoms with Crippen LogP contribution in [0.5, 0.6) is 0 Å². The van der Waals surface area contributed by atoms with Crippen LogP contribution in [0, 0.1) is 5.92 Å². The largest absolute Gasteiger partial charge is 0.327 e. The van der Waals surface area contributed by atoms with E-state index in [1.807, 2.05) is 0 Å². The first-order chi connectivity index (χ1) is 5.27. The van der Waals surface area contributed by atoms with Crippen molar-refractivity contribution in [2.45, 2.75) is 13.3 Å². The van der Waals surface area contributed by atoms with E-state index in [-0.39, 0.29) is 0 Å². The van der Waals surface area contributed by atoms with Gasteiger partial charge in [-0.25, -0.2) is 0 Å². The molecular weight excluding hydrogens is 136 g/mol. The molecule has 2 heteroatoms. The fraction of sp³-hybridized carbons (Fsp3) is 0.556. The van der Waals surface area contributed by atoms with E-state index >= 15 is 0 Å². The quantitative estimate of drug-likeness (QED) is 0.615. The number of allylic oxidation sites excluding steroid dienone is 2. The van der Waals surface area contributed by atoms with Gasteiger partial charge in [0.05, 0.1) is 0 Å². The number of hydrogen-bond donors (Lipinski definition) is 2. The lowest BCUT2D eigenvalue weighted by molar-refractivity contribution is 0.641. The molecule has 1 unspecified atom stereocenters. The molecule has 0 spiro atoms. The van der Waals surface area contributed by atoms with E-state index in [1.165, 1.54) is 11.1 Å². The molecule has 1 aliphatic rings. The van der Waals surface area contributed by atoms with Crippen LogP contribution in [0.1, 0.15) is 13.3 Å². The Bertz CT molecular complexity index is 192. The normalized spacial score (nSPS) is 24.5. The van der Waals surface area contributed by atoms with E-state index in [1.54, 1.807) is 0 Å². The van der Waals surface area contributed by atoms with Crippen molar-refractivity contribution in [3.05, 3.63) is 23.3 Å². The first-order valence-corrected chi connectivity index (χ1v) is 4.06. The number of nitrogens with two attached hydrogens (primary N) is 2. The van der Waals surface area contributed by atoms with Gasteiger partial charge in [-0.05, 0) is 12.3 Å². The molecule has 0 fully saturated rings. The molecular formula is C9H16N2. The topological polar surface area (TPSA) is 52.0 Å². The van der Waals surface area contributed by atoms with E-state index in [0.29, 0.717) is 19.0 Å². The zero-order chi connectivity index (χ0) is 8.27. The SMILES string of the molecule is CC1CC(CN)=CC=C1CN. The lowest BCUT2D eigenvalue weighted by atomic mass is 9.88. The number of hydrogen-bond acceptors (Lipinski definition) is 2. The van der Waals surface area contributed by atoms with Crippen LogP contribution in [0.25, 0.3) is 0 Å². The Morgan fingerprint density at radius 2 is 2.09 bits per heavy atom. The summed E-state index contributed by atoms with van der Waals surface area (Å²) in [6.45, 7) is 3.55. The smallest absolute Gasteiger partial charge is 0.0142 e. The summed E-state index contributed by atoms with van der Waals surface area (Å²) < 4.78 is 0. The molecule has 11 heavy (non-hydrogen) atoms. The third kappa shape index (κ3) is 1.91. The minimum atomic E-state index is 0.587. The average Bonchev–Trinajstić information content (AvgIpc) is 2.04. The maximum atomic E-state index is 5.55. The second-order valence-corrected chi connectivity index (χ2v) is 3.08. The van der Waals surface area contributed by atoms with Crippen LogP contribution in [0.2, 0.25) is 0 Å². The number of rotatable bonds is 2. The van der Waals surface area contributed by atoms with Gasteiger partial charge in [-0.2, -0.15) is 0 Å². The van der Waals surface area contributed by atoms with Crippen LogP contribution in [-0.2, 0) is 0 Å². The predicted molar refractivity (Wildman–Crippen MR) is 48.1 cm³/mol. The molecule has 0 radical (unpaired) electrons. The van der Waals surface area contributed by atoms with Crippen molar-refractivity contribution in [3.63, 3.8) is 0 Å². The standard InChI is InChI=1S/C9H16N2/c1-7-4-8(5-10)2-3-9(7)6-11/h2-3,7H,4-6,10-11H2,1H3. The fourth-order valence-corrected chi connectivity index (χ4v) is 1.40. The Balaban J connectivity index is 2.69. The summed E-state index contributed by atoms with van der Waals surface area (Å²) in [5.41, 5.74) is 13.7. The zero-order valence-corrected chi connectivity index (χ0v) is 7.01. The Morgan fingerprint density at radius 3 is 2.55 bits per heavy atom. The molecule has 0 aromatic rings. The molecule has 4 N–H and O–H groups in total. The van der Waals surface area contributed by atoms with Gasteiger partial charge in [0.25, 0.3) is 0 Å². The van der Waals surface area contributed by atoms with Crippen LogP contribution in [-0.4, -0.2) is 13.1 Å². The van der Waals surface area contributed by atoms with Gasteiger partial charge < -0.3 is 11.5 Å². The molecule has 1 aliphatic carbocycles. The van der Waals surface area contributed by atoms with Crippen LogP contribution >= 0.6 is 0 Å². The van der Waals surface area contributed by atoms with Gasteiger partial charge in [0.2, 0.25) is 0 Å². The maximum Gasteiger partial charge on any atom is 0.0142 e. The van der Waals surface area contributed by atoms with Gasteiger partial charge in [0.1, 0.15) is 0 Å². The van der Waals surface area contributed by atoms with Crippen LogP contribution in [0.4, 0.5) is 0 Å². The Hall–Kier alpha value is -0.600. The van der Waals surface area contributed by atoms with Crippen molar-refractivity contribution in [3.8, 4) is 0 Å². The summed E-state index contributed by atoms with van der Waals surface area (Å²) in [5.74, 6) is 0.587. The molecule has 0 aromatic heterocycles. The second-order valence-electron chi connectivity index (χ2n) is 3.08. The predicted octanol–water partition coefficient (Wildman–Crippen LogP) is 0.796. The molecule has 0 aliphatic heterocycles. The van der Waals surface area contributed by atoms with Crippen molar-refractivity contribution in [2.24, 2.45) is 17.4 Å². The van der Waals surface area contributed by atoms with Gasteiger partial charge in [-0.1, -0.05) is 30.2 Å². The Morgan fingerprint density at radius 1 is 1.36 bits per heavy atom. The van der Waals surface area contributed by atoms with E-state index in [4.69, 9.17) is 11.5 Å². The monoisotopic (exact) mass is 152 g/mol. The van der Waals surface area contributed by atoms with Crippen molar-refractivity contribution in [1.82, 2.24) is 0 Å². The zero-order valence-electron chi connectivity index (χ0n) is 7.01. The van der Waals surface area contributed by atoms with Gasteiger partial charge in [0, 0.05) is 13.1 Å². The first-order valence-electron chi connectivity index (χ1n) is 4.06.